The molecule has 2 aliphatic carbocycles. The van der Waals surface area contributed by atoms with E-state index in [2.05, 4.69) is 39.0 Å². The Morgan fingerprint density at radius 2 is 1.91 bits per heavy atom. The minimum atomic E-state index is -0.457. The highest BCUT2D eigenvalue weighted by molar-refractivity contribution is 6.07. The third-order valence-electron chi connectivity index (χ3n) is 7.73. The fourth-order valence-electron chi connectivity index (χ4n) is 5.83. The zero-order valence-corrected chi connectivity index (χ0v) is 22.2. The number of carbonyl (C=O) groups is 1. The lowest BCUT2D eigenvalue weighted by atomic mass is 9.68. The third kappa shape index (κ3) is 5.47. The Bertz CT molecular complexity index is 1110. The van der Waals surface area contributed by atoms with Gasteiger partial charge < -0.3 is 9.15 Å². The Hall–Kier alpha value is -2.62. The summed E-state index contributed by atoms with van der Waals surface area (Å²) in [5.74, 6) is 0.889. The van der Waals surface area contributed by atoms with E-state index < -0.39 is 5.97 Å². The fraction of sp³-hybridized carbons (Fsp3) is 0.548. The van der Waals surface area contributed by atoms with E-state index in [1.54, 1.807) is 6.07 Å². The summed E-state index contributed by atoms with van der Waals surface area (Å²) in [4.78, 5) is 17.1. The van der Waals surface area contributed by atoms with Crippen LogP contribution in [0.4, 0.5) is 0 Å². The summed E-state index contributed by atoms with van der Waals surface area (Å²) >= 11 is 0. The molecule has 0 amide bonds. The van der Waals surface area contributed by atoms with Crippen LogP contribution in [0.25, 0.3) is 5.57 Å². The largest absolute Gasteiger partial charge is 0.463 e. The first-order chi connectivity index (χ1) is 16.9. The van der Waals surface area contributed by atoms with Crippen LogP contribution in [-0.2, 0) is 4.74 Å². The van der Waals surface area contributed by atoms with Gasteiger partial charge in [-0.25, -0.2) is 4.79 Å². The Labute approximate surface area is 210 Å². The van der Waals surface area contributed by atoms with Gasteiger partial charge in [-0.05, 0) is 73.0 Å². The Morgan fingerprint density at radius 1 is 1.17 bits per heavy atom. The van der Waals surface area contributed by atoms with Gasteiger partial charge in [0.1, 0.15) is 5.76 Å². The van der Waals surface area contributed by atoms with E-state index in [-0.39, 0.29) is 11.2 Å². The number of rotatable bonds is 10. The quantitative estimate of drug-likeness (QED) is 0.251. The molecule has 0 radical (unpaired) electrons. The van der Waals surface area contributed by atoms with Gasteiger partial charge >= 0.3 is 5.97 Å². The second-order valence-electron chi connectivity index (χ2n) is 10.9. The van der Waals surface area contributed by atoms with Crippen molar-refractivity contribution in [2.24, 2.45) is 16.3 Å². The van der Waals surface area contributed by atoms with Crippen LogP contribution in [-0.4, -0.2) is 18.8 Å². The van der Waals surface area contributed by atoms with E-state index in [0.29, 0.717) is 11.7 Å². The van der Waals surface area contributed by atoms with Crippen molar-refractivity contribution in [2.45, 2.75) is 91.9 Å². The Morgan fingerprint density at radius 3 is 2.69 bits per heavy atom. The molecule has 4 nitrogen and oxygen atoms in total. The number of esters is 1. The van der Waals surface area contributed by atoms with Crippen LogP contribution in [0.5, 0.6) is 0 Å². The molecule has 1 unspecified atom stereocenters. The van der Waals surface area contributed by atoms with Crippen molar-refractivity contribution in [1.82, 2.24) is 0 Å². The van der Waals surface area contributed by atoms with E-state index >= 15 is 0 Å². The van der Waals surface area contributed by atoms with Gasteiger partial charge in [0.15, 0.2) is 0 Å². The zero-order chi connectivity index (χ0) is 25.0. The zero-order valence-electron chi connectivity index (χ0n) is 22.2. The minimum Gasteiger partial charge on any atom is -0.463 e. The van der Waals surface area contributed by atoms with Crippen molar-refractivity contribution in [3.05, 3.63) is 64.3 Å². The molecule has 0 bridgehead atoms. The van der Waals surface area contributed by atoms with Gasteiger partial charge in [-0.15, -0.1) is 0 Å². The van der Waals surface area contributed by atoms with Gasteiger partial charge in [0, 0.05) is 17.2 Å². The normalized spacial score (nSPS) is 21.2. The summed E-state index contributed by atoms with van der Waals surface area (Å²) in [6.07, 6.45) is 19.4. The molecule has 1 aromatic heterocycles. The molecule has 0 N–H and O–H groups in total. The second kappa shape index (κ2) is 11.0. The molecule has 1 aromatic rings. The van der Waals surface area contributed by atoms with Crippen LogP contribution in [0.15, 0.2) is 62.2 Å². The molecule has 35 heavy (non-hydrogen) atoms. The van der Waals surface area contributed by atoms with Crippen molar-refractivity contribution < 1.29 is 13.9 Å². The van der Waals surface area contributed by atoms with E-state index in [4.69, 9.17) is 14.1 Å². The topological polar surface area (TPSA) is 51.8 Å². The number of hydrogen-bond acceptors (Lipinski definition) is 4. The van der Waals surface area contributed by atoms with Gasteiger partial charge in [0.05, 0.1) is 12.8 Å². The van der Waals surface area contributed by atoms with Gasteiger partial charge in [-0.3, -0.25) is 4.99 Å². The van der Waals surface area contributed by atoms with Crippen LogP contribution in [0.3, 0.4) is 0 Å². The predicted molar refractivity (Wildman–Crippen MR) is 143 cm³/mol. The van der Waals surface area contributed by atoms with Crippen molar-refractivity contribution >= 4 is 17.3 Å². The first kappa shape index (κ1) is 25.5. The standard InChI is InChI=1S/C31H41NO3/c1-6-7-8-9-10-11-13-22-15-16-23(20-21(2)25-17-18-26(35-25)30(33)34-5)29-27(22)28-24(32-29)14-12-19-31(28,3)4/h15-18,20,22H,6-14,19H2,1-5H3/b21-20+. The lowest BCUT2D eigenvalue weighted by Gasteiger charge is -2.35. The van der Waals surface area contributed by atoms with Crippen LogP contribution >= 0.6 is 0 Å². The van der Waals surface area contributed by atoms with Crippen molar-refractivity contribution in [2.75, 3.05) is 7.11 Å². The minimum absolute atomic E-state index is 0.166. The number of nitrogens with zero attached hydrogens (tertiary/aromatic N) is 1. The highest BCUT2D eigenvalue weighted by Crippen LogP contribution is 2.50. The number of unbranched alkanes of at least 4 members (excludes halogenated alkanes) is 5. The average molecular weight is 476 g/mol. The van der Waals surface area contributed by atoms with Crippen molar-refractivity contribution in [3.63, 3.8) is 0 Å². The van der Waals surface area contributed by atoms with Crippen LogP contribution in [0.1, 0.15) is 108 Å². The number of furan rings is 1. The lowest BCUT2D eigenvalue weighted by Crippen LogP contribution is -2.27. The Balaban J connectivity index is 1.63. The number of carbonyl (C=O) groups excluding carboxylic acids is 1. The summed E-state index contributed by atoms with van der Waals surface area (Å²) < 4.78 is 10.5. The summed E-state index contributed by atoms with van der Waals surface area (Å²) in [6, 6.07) is 3.50. The maximum atomic E-state index is 11.8. The molecule has 0 aromatic carbocycles. The number of ether oxygens (including phenoxy) is 1. The molecule has 1 fully saturated rings. The number of fused-ring (bicyclic) bond motifs is 2. The van der Waals surface area contributed by atoms with Crippen LogP contribution in [0, 0.1) is 11.3 Å². The maximum Gasteiger partial charge on any atom is 0.373 e. The van der Waals surface area contributed by atoms with Gasteiger partial charge in [-0.1, -0.05) is 71.4 Å². The molecule has 1 saturated carbocycles. The van der Waals surface area contributed by atoms with E-state index in [1.807, 2.05) is 13.0 Å². The molecular formula is C31H41NO3. The predicted octanol–water partition coefficient (Wildman–Crippen LogP) is 8.62. The molecule has 1 aliphatic heterocycles. The van der Waals surface area contributed by atoms with Gasteiger partial charge in [0.2, 0.25) is 5.76 Å². The Kier molecular flexibility index (Phi) is 7.98. The fourth-order valence-corrected chi connectivity index (χ4v) is 5.83. The first-order valence-corrected chi connectivity index (χ1v) is 13.5. The summed E-state index contributed by atoms with van der Waals surface area (Å²) in [7, 11) is 1.36. The highest BCUT2D eigenvalue weighted by atomic mass is 16.5. The monoisotopic (exact) mass is 475 g/mol. The van der Waals surface area contributed by atoms with Crippen LogP contribution < -0.4 is 0 Å². The second-order valence-corrected chi connectivity index (χ2v) is 10.9. The smallest absolute Gasteiger partial charge is 0.373 e. The molecule has 4 rings (SSSR count). The third-order valence-corrected chi connectivity index (χ3v) is 7.73. The molecule has 188 valence electrons. The molecule has 0 saturated heterocycles. The lowest BCUT2D eigenvalue weighted by molar-refractivity contribution is 0.0564. The molecule has 1 atom stereocenters. The van der Waals surface area contributed by atoms with Crippen molar-refractivity contribution in [1.29, 1.82) is 0 Å². The molecule has 0 spiro atoms. The van der Waals surface area contributed by atoms with E-state index in [9.17, 15) is 4.79 Å². The van der Waals surface area contributed by atoms with E-state index in [0.717, 1.165) is 23.3 Å². The summed E-state index contributed by atoms with van der Waals surface area (Å²) in [6.45, 7) is 9.08. The van der Waals surface area contributed by atoms with Gasteiger partial charge in [-0.2, -0.15) is 0 Å². The molecule has 4 heteroatoms. The van der Waals surface area contributed by atoms with E-state index in [1.165, 1.54) is 81.8 Å². The summed E-state index contributed by atoms with van der Waals surface area (Å²) in [5, 5.41) is 0. The number of aliphatic imine (C=N–C) groups is 1. The first-order valence-electron chi connectivity index (χ1n) is 13.5. The summed E-state index contributed by atoms with van der Waals surface area (Å²) in [5.41, 5.74) is 7.71. The SMILES string of the molecule is CCCCCCCCC1C=CC(/C=C(\C)c2ccc(C(=O)OC)o2)=C2N=C3CCCC(C)(C)C3=C21. The number of hydrogen-bond donors (Lipinski definition) is 0. The molecule has 2 heterocycles. The molecular weight excluding hydrogens is 434 g/mol. The number of allylic oxidation sites excluding steroid dienone is 7. The van der Waals surface area contributed by atoms with Gasteiger partial charge in [0.25, 0.3) is 0 Å². The van der Waals surface area contributed by atoms with Crippen molar-refractivity contribution in [3.8, 4) is 0 Å². The highest BCUT2D eigenvalue weighted by Gasteiger charge is 2.40. The maximum absolute atomic E-state index is 11.8. The average Bonchev–Trinajstić information content (AvgIpc) is 3.48. The number of methoxy groups -OCH3 is 1. The van der Waals surface area contributed by atoms with Crippen LogP contribution in [0.2, 0.25) is 0 Å². The molecule has 3 aliphatic rings.